The Morgan fingerprint density at radius 3 is 1.91 bits per heavy atom. The Bertz CT molecular complexity index is 1300. The maximum absolute atomic E-state index is 13.2. The smallest absolute Gasteiger partial charge is 0.344 e. The lowest BCUT2D eigenvalue weighted by atomic mass is 10.1. The number of Topliss-reactive ketones (excluding diaryl/α,β-unsaturated/α-hetero) is 1. The molecule has 0 radical (unpaired) electrons. The predicted octanol–water partition coefficient (Wildman–Crippen LogP) is 4.20. The first-order valence-corrected chi connectivity index (χ1v) is 14.4. The zero-order chi connectivity index (χ0) is 31.9. The lowest BCUT2D eigenvalue weighted by Gasteiger charge is -2.24. The molecule has 0 spiro atoms. The molecule has 0 N–H and O–H groups in total. The van der Waals surface area contributed by atoms with Crippen molar-refractivity contribution in [1.82, 2.24) is 0 Å². The number of carbonyl (C=O) groups is 6. The van der Waals surface area contributed by atoms with E-state index < -0.39 is 35.6 Å². The number of rotatable bonds is 17. The summed E-state index contributed by atoms with van der Waals surface area (Å²) in [6.45, 7) is 11.1. The van der Waals surface area contributed by atoms with Crippen molar-refractivity contribution in [3.63, 3.8) is 0 Å². The molecule has 0 saturated carbocycles. The molecule has 0 aliphatic carbocycles. The molecule has 232 valence electrons. The van der Waals surface area contributed by atoms with Gasteiger partial charge in [0.05, 0.1) is 29.7 Å². The highest BCUT2D eigenvalue weighted by molar-refractivity contribution is 8.04. The number of nitrogens with zero attached hydrogens (tertiary/aromatic N) is 1. The van der Waals surface area contributed by atoms with E-state index in [0.717, 1.165) is 23.9 Å². The van der Waals surface area contributed by atoms with E-state index in [2.05, 4.69) is 13.2 Å². The van der Waals surface area contributed by atoms with Crippen molar-refractivity contribution in [3.05, 3.63) is 48.0 Å². The Labute approximate surface area is 254 Å². The van der Waals surface area contributed by atoms with Gasteiger partial charge < -0.3 is 28.6 Å². The summed E-state index contributed by atoms with van der Waals surface area (Å²) in [4.78, 5) is 74.8. The Hall–Kier alpha value is -4.39. The number of unbranched alkanes of at least 4 members (excludes halogenated alkanes) is 2. The van der Waals surface area contributed by atoms with Crippen LogP contribution in [0.5, 0.6) is 11.5 Å². The first-order valence-electron chi connectivity index (χ1n) is 13.6. The van der Waals surface area contributed by atoms with Gasteiger partial charge in [-0.1, -0.05) is 31.8 Å². The SMILES string of the molecule is C=CC(=O)OCCCCOC(=O)/C(C(C)=O)=C1\Sc2c(OC(=O)CC)ccc(OC(C)=O)c2N1CCCCOC(=O)C=C. The third-order valence-electron chi connectivity index (χ3n) is 5.68. The number of thioether (sulfide) groups is 1. The van der Waals surface area contributed by atoms with Gasteiger partial charge in [-0.15, -0.1) is 0 Å². The van der Waals surface area contributed by atoms with Gasteiger partial charge in [-0.3, -0.25) is 14.4 Å². The minimum absolute atomic E-state index is 0.0428. The highest BCUT2D eigenvalue weighted by Gasteiger charge is 2.37. The number of hydrogen-bond donors (Lipinski definition) is 0. The quantitative estimate of drug-likeness (QED) is 0.0467. The topological polar surface area (TPSA) is 152 Å². The van der Waals surface area contributed by atoms with Crippen molar-refractivity contribution >= 4 is 53.1 Å². The lowest BCUT2D eigenvalue weighted by Crippen LogP contribution is -2.26. The summed E-state index contributed by atoms with van der Waals surface area (Å²) in [5.41, 5.74) is 0.0780. The molecular weight excluding hydrogens is 582 g/mol. The fourth-order valence-corrected chi connectivity index (χ4v) is 5.04. The Balaban J connectivity index is 2.45. The number of ether oxygens (including phenoxy) is 5. The molecule has 1 aliphatic rings. The van der Waals surface area contributed by atoms with Gasteiger partial charge in [0, 0.05) is 32.0 Å². The second-order valence-corrected chi connectivity index (χ2v) is 9.94. The van der Waals surface area contributed by atoms with Crippen LogP contribution in [0.3, 0.4) is 0 Å². The summed E-state index contributed by atoms with van der Waals surface area (Å²) in [7, 11) is 0. The van der Waals surface area contributed by atoms with E-state index in [-0.39, 0.29) is 54.9 Å². The van der Waals surface area contributed by atoms with Crippen LogP contribution in [0.15, 0.2) is 52.9 Å². The summed E-state index contributed by atoms with van der Waals surface area (Å²) in [5.74, 6) is -3.41. The molecule has 0 atom stereocenters. The Morgan fingerprint density at radius 1 is 0.814 bits per heavy atom. The molecule has 2 rings (SSSR count). The third-order valence-corrected chi connectivity index (χ3v) is 6.89. The molecule has 12 nitrogen and oxygen atoms in total. The number of fused-ring (bicyclic) bond motifs is 1. The van der Waals surface area contributed by atoms with Crippen LogP contribution < -0.4 is 14.4 Å². The summed E-state index contributed by atoms with van der Waals surface area (Å²) in [6, 6.07) is 2.93. The molecule has 0 aromatic heterocycles. The molecule has 1 aliphatic heterocycles. The fourth-order valence-electron chi connectivity index (χ4n) is 3.71. The zero-order valence-electron chi connectivity index (χ0n) is 24.4. The van der Waals surface area contributed by atoms with Gasteiger partial charge in [0.25, 0.3) is 0 Å². The summed E-state index contributed by atoms with van der Waals surface area (Å²) < 4.78 is 26.3. The predicted molar refractivity (Wildman–Crippen MR) is 156 cm³/mol. The molecule has 0 saturated heterocycles. The van der Waals surface area contributed by atoms with E-state index in [1.807, 2.05) is 0 Å². The maximum atomic E-state index is 13.2. The third kappa shape index (κ3) is 10.4. The number of benzene rings is 1. The summed E-state index contributed by atoms with van der Waals surface area (Å²) >= 11 is 1.00. The summed E-state index contributed by atoms with van der Waals surface area (Å²) in [5, 5.41) is 0.198. The number of esters is 5. The lowest BCUT2D eigenvalue weighted by molar-refractivity contribution is -0.142. The van der Waals surface area contributed by atoms with E-state index in [1.54, 1.807) is 11.8 Å². The van der Waals surface area contributed by atoms with Crippen LogP contribution in [-0.4, -0.2) is 62.0 Å². The van der Waals surface area contributed by atoms with Gasteiger partial charge in [0.1, 0.15) is 17.0 Å². The molecule has 1 aromatic carbocycles. The van der Waals surface area contributed by atoms with Gasteiger partial charge >= 0.3 is 29.8 Å². The molecular formula is C30H35NO11S. The van der Waals surface area contributed by atoms with Crippen molar-refractivity contribution in [2.75, 3.05) is 31.3 Å². The van der Waals surface area contributed by atoms with Crippen LogP contribution in [0.1, 0.15) is 52.9 Å². The highest BCUT2D eigenvalue weighted by Crippen LogP contribution is 2.56. The fraction of sp³-hybridized carbons (Fsp3) is 0.400. The van der Waals surface area contributed by atoms with Crippen molar-refractivity contribution in [2.24, 2.45) is 0 Å². The van der Waals surface area contributed by atoms with E-state index in [1.165, 1.54) is 26.0 Å². The maximum Gasteiger partial charge on any atom is 0.344 e. The van der Waals surface area contributed by atoms with E-state index >= 15 is 0 Å². The minimum Gasteiger partial charge on any atom is -0.463 e. The van der Waals surface area contributed by atoms with E-state index in [0.29, 0.717) is 36.3 Å². The van der Waals surface area contributed by atoms with Crippen molar-refractivity contribution in [2.45, 2.75) is 57.8 Å². The minimum atomic E-state index is -0.878. The first kappa shape index (κ1) is 34.8. The number of anilines is 1. The van der Waals surface area contributed by atoms with Crippen LogP contribution in [0.25, 0.3) is 0 Å². The second kappa shape index (κ2) is 17.5. The van der Waals surface area contributed by atoms with Crippen LogP contribution in [0.2, 0.25) is 0 Å². The summed E-state index contributed by atoms with van der Waals surface area (Å²) in [6.07, 6.45) is 3.83. The molecule has 1 heterocycles. The Morgan fingerprint density at radius 2 is 1.37 bits per heavy atom. The number of ketones is 1. The molecule has 0 unspecified atom stereocenters. The van der Waals surface area contributed by atoms with E-state index in [4.69, 9.17) is 23.7 Å². The number of hydrogen-bond acceptors (Lipinski definition) is 13. The highest BCUT2D eigenvalue weighted by atomic mass is 32.2. The average molecular weight is 618 g/mol. The van der Waals surface area contributed by atoms with Gasteiger partial charge in [0.2, 0.25) is 0 Å². The zero-order valence-corrected chi connectivity index (χ0v) is 25.3. The normalized spacial score (nSPS) is 12.9. The van der Waals surface area contributed by atoms with Crippen LogP contribution >= 0.6 is 11.8 Å². The van der Waals surface area contributed by atoms with E-state index in [9.17, 15) is 28.8 Å². The van der Waals surface area contributed by atoms with Crippen LogP contribution in [0.4, 0.5) is 5.69 Å². The standard InChI is InChI=1S/C30H35NO11S/c1-6-23(34)38-16-10-9-15-31-27-21(41-20(5)33)13-14-22(42-25(36)8-3)28(27)43-29(31)26(19(4)32)30(37)40-18-12-11-17-39-24(35)7-2/h6-7,13-14H,1-2,8-12,15-18H2,3-5H3/b29-26-. The average Bonchev–Trinajstić information content (AvgIpc) is 3.34. The van der Waals surface area contributed by atoms with Crippen LogP contribution in [-0.2, 0) is 43.0 Å². The molecule has 13 heteroatoms. The van der Waals surface area contributed by atoms with Gasteiger partial charge in [-0.2, -0.15) is 0 Å². The molecule has 43 heavy (non-hydrogen) atoms. The first-order chi connectivity index (χ1) is 20.5. The van der Waals surface area contributed by atoms with Gasteiger partial charge in [0.15, 0.2) is 11.5 Å². The Kier molecular flexibility index (Phi) is 14.2. The largest absolute Gasteiger partial charge is 0.463 e. The van der Waals surface area contributed by atoms with Gasteiger partial charge in [-0.25, -0.2) is 14.4 Å². The molecule has 0 bridgehead atoms. The van der Waals surface area contributed by atoms with Crippen molar-refractivity contribution in [3.8, 4) is 11.5 Å². The monoisotopic (exact) mass is 617 g/mol. The second-order valence-electron chi connectivity index (χ2n) is 8.94. The van der Waals surface area contributed by atoms with Crippen molar-refractivity contribution in [1.29, 1.82) is 0 Å². The number of carbonyl (C=O) groups excluding carboxylic acids is 6. The van der Waals surface area contributed by atoms with Gasteiger partial charge in [-0.05, 0) is 44.7 Å². The van der Waals surface area contributed by atoms with Crippen molar-refractivity contribution < 1.29 is 52.5 Å². The van der Waals surface area contributed by atoms with Crippen LogP contribution in [0, 0.1) is 0 Å². The molecule has 1 aromatic rings. The molecule has 0 fully saturated rings. The molecule has 0 amide bonds.